The lowest BCUT2D eigenvalue weighted by molar-refractivity contribution is -0.122. The first-order valence-corrected chi connectivity index (χ1v) is 7.48. The summed E-state index contributed by atoms with van der Waals surface area (Å²) in [5.41, 5.74) is 6.95. The lowest BCUT2D eigenvalue weighted by atomic mass is 10.0. The Morgan fingerprint density at radius 3 is 2.71 bits per heavy atom. The van der Waals surface area contributed by atoms with Gasteiger partial charge >= 0.3 is 0 Å². The average Bonchev–Trinajstić information content (AvgIpc) is 2.46. The third kappa shape index (κ3) is 4.63. The van der Waals surface area contributed by atoms with Crippen molar-refractivity contribution in [3.05, 3.63) is 23.8 Å². The molecule has 0 aliphatic carbocycles. The molecule has 1 aromatic carbocycles. The molecule has 3 N–H and O–H groups in total. The maximum Gasteiger partial charge on any atom is 0.236 e. The molecule has 1 aliphatic heterocycles. The molecule has 5 nitrogen and oxygen atoms in total. The molecule has 116 valence electrons. The number of nitrogens with two attached hydrogens (primary N) is 1. The fourth-order valence-corrected chi connectivity index (χ4v) is 2.32. The van der Waals surface area contributed by atoms with Crippen molar-refractivity contribution in [2.75, 3.05) is 19.8 Å². The third-order valence-electron chi connectivity index (χ3n) is 3.38. The number of rotatable bonds is 6. The summed E-state index contributed by atoms with van der Waals surface area (Å²) in [7, 11) is 0. The van der Waals surface area contributed by atoms with E-state index in [0.717, 1.165) is 23.5 Å². The van der Waals surface area contributed by atoms with Gasteiger partial charge in [-0.15, -0.1) is 0 Å². The number of fused-ring (bicyclic) bond motifs is 1. The van der Waals surface area contributed by atoms with E-state index in [-0.39, 0.29) is 5.91 Å². The summed E-state index contributed by atoms with van der Waals surface area (Å²) in [4.78, 5) is 11.8. The van der Waals surface area contributed by atoms with Crippen LogP contribution in [-0.4, -0.2) is 31.7 Å². The van der Waals surface area contributed by atoms with E-state index in [2.05, 4.69) is 19.2 Å². The number of carbonyl (C=O) groups excluding carboxylic acids is 1. The molecule has 1 aliphatic rings. The molecular weight excluding hydrogens is 268 g/mol. The highest BCUT2D eigenvalue weighted by atomic mass is 16.6. The van der Waals surface area contributed by atoms with Crippen LogP contribution in [0.4, 0.5) is 0 Å². The second-order valence-electron chi connectivity index (χ2n) is 5.76. The first-order chi connectivity index (χ1) is 10.1. The molecule has 0 saturated carbocycles. The van der Waals surface area contributed by atoms with Gasteiger partial charge in [0.2, 0.25) is 5.91 Å². The van der Waals surface area contributed by atoms with E-state index in [9.17, 15) is 4.79 Å². The Morgan fingerprint density at radius 1 is 1.29 bits per heavy atom. The second kappa shape index (κ2) is 7.31. The van der Waals surface area contributed by atoms with Gasteiger partial charge in [-0.05, 0) is 36.5 Å². The van der Waals surface area contributed by atoms with Gasteiger partial charge < -0.3 is 20.5 Å². The van der Waals surface area contributed by atoms with Crippen molar-refractivity contribution < 1.29 is 14.3 Å². The number of amides is 1. The minimum Gasteiger partial charge on any atom is -0.486 e. The monoisotopic (exact) mass is 292 g/mol. The average molecular weight is 292 g/mol. The lowest BCUT2D eigenvalue weighted by Crippen LogP contribution is -2.42. The Hall–Kier alpha value is -1.75. The molecule has 0 unspecified atom stereocenters. The molecule has 0 bridgehead atoms. The van der Waals surface area contributed by atoms with Crippen LogP contribution in [0.15, 0.2) is 18.2 Å². The van der Waals surface area contributed by atoms with Gasteiger partial charge in [0.15, 0.2) is 11.5 Å². The van der Waals surface area contributed by atoms with Crippen LogP contribution in [0.3, 0.4) is 0 Å². The van der Waals surface area contributed by atoms with Crippen LogP contribution < -0.4 is 20.5 Å². The standard InChI is InChI=1S/C16H24N2O3/c1-11(2)9-13(17)16(19)18-6-5-12-3-4-14-15(10-12)21-8-7-20-14/h3-4,10-11,13H,5-9,17H2,1-2H3,(H,18,19)/t13-/m0/s1. The minimum atomic E-state index is -0.426. The van der Waals surface area contributed by atoms with E-state index in [4.69, 9.17) is 15.2 Å². The van der Waals surface area contributed by atoms with Crippen LogP contribution in [0.1, 0.15) is 25.8 Å². The highest BCUT2D eigenvalue weighted by Crippen LogP contribution is 2.30. The van der Waals surface area contributed by atoms with Gasteiger partial charge in [0.25, 0.3) is 0 Å². The highest BCUT2D eigenvalue weighted by Gasteiger charge is 2.15. The van der Waals surface area contributed by atoms with Crippen molar-refractivity contribution >= 4 is 5.91 Å². The zero-order valence-electron chi connectivity index (χ0n) is 12.7. The zero-order valence-corrected chi connectivity index (χ0v) is 12.7. The fraction of sp³-hybridized carbons (Fsp3) is 0.562. The quantitative estimate of drug-likeness (QED) is 0.833. The number of nitrogens with one attached hydrogen (secondary N) is 1. The molecule has 5 heteroatoms. The molecule has 0 aromatic heterocycles. The Labute approximate surface area is 125 Å². The van der Waals surface area contributed by atoms with E-state index in [1.165, 1.54) is 0 Å². The van der Waals surface area contributed by atoms with Crippen molar-refractivity contribution in [3.8, 4) is 11.5 Å². The van der Waals surface area contributed by atoms with Crippen LogP contribution in [0.2, 0.25) is 0 Å². The summed E-state index contributed by atoms with van der Waals surface area (Å²) in [6.07, 6.45) is 1.45. The first kappa shape index (κ1) is 15.6. The molecular formula is C16H24N2O3. The van der Waals surface area contributed by atoms with Crippen LogP contribution in [0, 0.1) is 5.92 Å². The van der Waals surface area contributed by atoms with E-state index >= 15 is 0 Å². The summed E-state index contributed by atoms with van der Waals surface area (Å²) in [5.74, 6) is 1.90. The molecule has 0 radical (unpaired) electrons. The molecule has 0 spiro atoms. The molecule has 1 atom stereocenters. The largest absolute Gasteiger partial charge is 0.486 e. The molecule has 0 fully saturated rings. The molecule has 1 amide bonds. The summed E-state index contributed by atoms with van der Waals surface area (Å²) in [6, 6.07) is 5.45. The Kier molecular flexibility index (Phi) is 5.44. The van der Waals surface area contributed by atoms with E-state index in [0.29, 0.717) is 32.1 Å². The fourth-order valence-electron chi connectivity index (χ4n) is 2.32. The van der Waals surface area contributed by atoms with Crippen LogP contribution in [0.25, 0.3) is 0 Å². The van der Waals surface area contributed by atoms with E-state index in [1.54, 1.807) is 0 Å². The van der Waals surface area contributed by atoms with E-state index in [1.807, 2.05) is 18.2 Å². The highest BCUT2D eigenvalue weighted by molar-refractivity contribution is 5.81. The maximum absolute atomic E-state index is 11.8. The molecule has 0 saturated heterocycles. The summed E-state index contributed by atoms with van der Waals surface area (Å²) in [5, 5.41) is 2.88. The predicted octanol–water partition coefficient (Wildman–Crippen LogP) is 1.49. The van der Waals surface area contributed by atoms with Gasteiger partial charge in [-0.2, -0.15) is 0 Å². The first-order valence-electron chi connectivity index (χ1n) is 7.48. The van der Waals surface area contributed by atoms with Gasteiger partial charge in [0.05, 0.1) is 6.04 Å². The summed E-state index contributed by atoms with van der Waals surface area (Å²) < 4.78 is 11.0. The van der Waals surface area contributed by atoms with Gasteiger partial charge in [-0.25, -0.2) is 0 Å². The van der Waals surface area contributed by atoms with E-state index < -0.39 is 6.04 Å². The number of carbonyl (C=O) groups is 1. The topological polar surface area (TPSA) is 73.6 Å². The molecule has 1 heterocycles. The number of benzene rings is 1. The van der Waals surface area contributed by atoms with Crippen LogP contribution >= 0.6 is 0 Å². The molecule has 2 rings (SSSR count). The minimum absolute atomic E-state index is 0.0822. The van der Waals surface area contributed by atoms with Gasteiger partial charge in [-0.1, -0.05) is 19.9 Å². The van der Waals surface area contributed by atoms with Crippen molar-refractivity contribution in [3.63, 3.8) is 0 Å². The SMILES string of the molecule is CC(C)C[C@H](N)C(=O)NCCc1ccc2c(c1)OCCO2. The molecule has 1 aromatic rings. The smallest absolute Gasteiger partial charge is 0.236 e. The second-order valence-corrected chi connectivity index (χ2v) is 5.76. The summed E-state index contributed by atoms with van der Waals surface area (Å²) in [6.45, 7) is 5.86. The maximum atomic E-state index is 11.8. The van der Waals surface area contributed by atoms with Crippen molar-refractivity contribution in [2.24, 2.45) is 11.7 Å². The van der Waals surface area contributed by atoms with Crippen LogP contribution in [0.5, 0.6) is 11.5 Å². The predicted molar refractivity (Wildman–Crippen MR) is 81.6 cm³/mol. The summed E-state index contributed by atoms with van der Waals surface area (Å²) >= 11 is 0. The van der Waals surface area contributed by atoms with Gasteiger partial charge in [0, 0.05) is 6.54 Å². The number of hydrogen-bond acceptors (Lipinski definition) is 4. The van der Waals surface area contributed by atoms with Gasteiger partial charge in [-0.3, -0.25) is 4.79 Å². The molecule has 21 heavy (non-hydrogen) atoms. The third-order valence-corrected chi connectivity index (χ3v) is 3.38. The van der Waals surface area contributed by atoms with Crippen molar-refractivity contribution in [1.82, 2.24) is 5.32 Å². The Bertz CT molecular complexity index is 488. The normalized spacial score (nSPS) is 14.9. The number of hydrogen-bond donors (Lipinski definition) is 2. The van der Waals surface area contributed by atoms with Crippen molar-refractivity contribution in [2.45, 2.75) is 32.7 Å². The lowest BCUT2D eigenvalue weighted by Gasteiger charge is -2.19. The van der Waals surface area contributed by atoms with Crippen LogP contribution in [-0.2, 0) is 11.2 Å². The van der Waals surface area contributed by atoms with Gasteiger partial charge in [0.1, 0.15) is 13.2 Å². The Morgan fingerprint density at radius 2 is 2.00 bits per heavy atom. The number of ether oxygens (including phenoxy) is 2. The zero-order chi connectivity index (χ0) is 15.2. The van der Waals surface area contributed by atoms with Crippen molar-refractivity contribution in [1.29, 1.82) is 0 Å². The Balaban J connectivity index is 1.79.